The smallest absolute Gasteiger partial charge is 0.294 e. The molecule has 1 aromatic heterocycles. The number of nitro groups is 1. The van der Waals surface area contributed by atoms with Crippen LogP contribution in [0.4, 0.5) is 11.4 Å². The van der Waals surface area contributed by atoms with Crippen LogP contribution in [0.25, 0.3) is 11.3 Å². The van der Waals surface area contributed by atoms with Crippen molar-refractivity contribution in [2.24, 2.45) is 4.99 Å². The van der Waals surface area contributed by atoms with Gasteiger partial charge in [-0.2, -0.15) is 0 Å². The van der Waals surface area contributed by atoms with Gasteiger partial charge in [-0.15, -0.1) is 11.3 Å². The number of hydrogen-bond acceptors (Lipinski definition) is 5. The summed E-state index contributed by atoms with van der Waals surface area (Å²) in [6.07, 6.45) is 0.910. The largest absolute Gasteiger partial charge is 0.316 e. The molecule has 164 valence electrons. The Labute approximate surface area is 195 Å². The molecule has 2 aromatic carbocycles. The molecule has 0 atom stereocenters. The first-order chi connectivity index (χ1) is 14.9. The molecular weight excluding hydrogens is 455 g/mol. The van der Waals surface area contributed by atoms with Crippen LogP contribution in [-0.2, 0) is 6.54 Å². The molecule has 1 heterocycles. The predicted molar refractivity (Wildman–Crippen MR) is 128 cm³/mol. The molecule has 31 heavy (non-hydrogen) atoms. The van der Waals surface area contributed by atoms with Crippen molar-refractivity contribution in [1.29, 1.82) is 0 Å². The Morgan fingerprint density at radius 2 is 1.90 bits per heavy atom. The maximum Gasteiger partial charge on any atom is 0.294 e. The highest BCUT2D eigenvalue weighted by Crippen LogP contribution is 2.32. The quantitative estimate of drug-likeness (QED) is 0.264. The van der Waals surface area contributed by atoms with E-state index in [0.29, 0.717) is 27.1 Å². The summed E-state index contributed by atoms with van der Waals surface area (Å²) in [5.41, 5.74) is 2.02. The Balaban J connectivity index is 2.09. The molecule has 0 amide bonds. The van der Waals surface area contributed by atoms with Gasteiger partial charge in [0.25, 0.3) is 5.69 Å². The number of para-hydroxylation sites is 2. The average molecular weight is 479 g/mol. The third kappa shape index (κ3) is 5.74. The summed E-state index contributed by atoms with van der Waals surface area (Å²) < 4.78 is 2.07. The van der Waals surface area contributed by atoms with Crippen molar-refractivity contribution in [3.05, 3.63) is 72.8 Å². The van der Waals surface area contributed by atoms with Crippen LogP contribution in [0.2, 0.25) is 10.0 Å². The molecule has 3 aromatic rings. The lowest BCUT2D eigenvalue weighted by atomic mass is 10.1. The van der Waals surface area contributed by atoms with Crippen LogP contribution in [0.15, 0.2) is 52.8 Å². The lowest BCUT2D eigenvalue weighted by molar-refractivity contribution is -0.384. The van der Waals surface area contributed by atoms with Gasteiger partial charge in [-0.25, -0.2) is 4.99 Å². The maximum atomic E-state index is 11.4. The molecule has 3 rings (SSSR count). The first-order valence-corrected chi connectivity index (χ1v) is 11.7. The fourth-order valence-corrected chi connectivity index (χ4v) is 4.68. The van der Waals surface area contributed by atoms with E-state index in [2.05, 4.69) is 28.3 Å². The summed E-state index contributed by atoms with van der Waals surface area (Å²) in [4.78, 5) is 18.7. The maximum absolute atomic E-state index is 11.4. The van der Waals surface area contributed by atoms with Gasteiger partial charge >= 0.3 is 0 Å². The predicted octanol–water partition coefficient (Wildman–Crippen LogP) is 6.40. The first kappa shape index (κ1) is 23.5. The highest BCUT2D eigenvalue weighted by molar-refractivity contribution is 7.07. The van der Waals surface area contributed by atoms with Gasteiger partial charge < -0.3 is 9.47 Å². The van der Waals surface area contributed by atoms with Crippen LogP contribution in [0, 0.1) is 10.1 Å². The van der Waals surface area contributed by atoms with Crippen molar-refractivity contribution in [3.63, 3.8) is 0 Å². The van der Waals surface area contributed by atoms with Crippen LogP contribution in [0.3, 0.4) is 0 Å². The van der Waals surface area contributed by atoms with E-state index in [1.54, 1.807) is 30.3 Å². The molecule has 0 radical (unpaired) electrons. The van der Waals surface area contributed by atoms with E-state index >= 15 is 0 Å². The van der Waals surface area contributed by atoms with Crippen LogP contribution in [-0.4, -0.2) is 34.0 Å². The number of benzene rings is 2. The molecule has 6 nitrogen and oxygen atoms in total. The molecule has 0 aliphatic rings. The van der Waals surface area contributed by atoms with Crippen molar-refractivity contribution >= 4 is 45.9 Å². The lowest BCUT2D eigenvalue weighted by Gasteiger charge is -2.18. The van der Waals surface area contributed by atoms with Gasteiger partial charge in [0.2, 0.25) is 0 Å². The second-order valence-corrected chi connectivity index (χ2v) is 8.60. The number of thiazole rings is 1. The van der Waals surface area contributed by atoms with E-state index in [-0.39, 0.29) is 5.69 Å². The van der Waals surface area contributed by atoms with E-state index in [1.807, 2.05) is 11.4 Å². The van der Waals surface area contributed by atoms with E-state index in [4.69, 9.17) is 23.2 Å². The zero-order valence-corrected chi connectivity index (χ0v) is 19.8. The minimum absolute atomic E-state index is 0.0204. The summed E-state index contributed by atoms with van der Waals surface area (Å²) in [6, 6.07) is 11.9. The summed E-state index contributed by atoms with van der Waals surface area (Å²) in [7, 11) is 0. The molecule has 0 aliphatic carbocycles. The van der Waals surface area contributed by atoms with E-state index in [9.17, 15) is 10.1 Å². The molecule has 0 saturated carbocycles. The van der Waals surface area contributed by atoms with Crippen molar-refractivity contribution < 1.29 is 4.92 Å². The third-order valence-corrected chi connectivity index (χ3v) is 6.48. The molecule has 0 fully saturated rings. The van der Waals surface area contributed by atoms with Crippen molar-refractivity contribution in [2.45, 2.75) is 26.8 Å². The molecule has 0 spiro atoms. The molecule has 0 N–H and O–H groups in total. The van der Waals surface area contributed by atoms with Crippen LogP contribution < -0.4 is 4.80 Å². The van der Waals surface area contributed by atoms with Crippen molar-refractivity contribution in [1.82, 2.24) is 9.47 Å². The Kier molecular flexibility index (Phi) is 8.26. The summed E-state index contributed by atoms with van der Waals surface area (Å²) >= 11 is 14.1. The molecule has 0 aliphatic heterocycles. The average Bonchev–Trinajstić information content (AvgIpc) is 3.15. The van der Waals surface area contributed by atoms with Gasteiger partial charge in [-0.3, -0.25) is 10.1 Å². The van der Waals surface area contributed by atoms with E-state index in [1.165, 1.54) is 17.4 Å². The van der Waals surface area contributed by atoms with E-state index < -0.39 is 4.92 Å². The van der Waals surface area contributed by atoms with Gasteiger partial charge in [0.05, 0.1) is 15.6 Å². The highest BCUT2D eigenvalue weighted by atomic mass is 35.5. The van der Waals surface area contributed by atoms with Gasteiger partial charge in [0.15, 0.2) is 4.80 Å². The van der Waals surface area contributed by atoms with Crippen molar-refractivity contribution in [2.75, 3.05) is 19.6 Å². The summed E-state index contributed by atoms with van der Waals surface area (Å²) in [6.45, 7) is 7.93. The van der Waals surface area contributed by atoms with E-state index in [0.717, 1.165) is 37.3 Å². The number of nitrogens with zero attached hydrogens (tertiary/aromatic N) is 4. The standard InChI is InChI=1S/C22H24Cl2N4O2S/c1-3-26(4-2)12-7-13-27-21(17-14-16(23)10-11-18(17)24)15-31-22(27)25-19-8-5-6-9-20(19)28(29)30/h5-6,8-11,14-15H,3-4,7,12-13H2,1-2H3. The van der Waals surface area contributed by atoms with Crippen LogP contribution in [0.1, 0.15) is 20.3 Å². The normalized spacial score (nSPS) is 12.0. The van der Waals surface area contributed by atoms with Gasteiger partial charge in [0, 0.05) is 28.6 Å². The van der Waals surface area contributed by atoms with Crippen molar-refractivity contribution in [3.8, 4) is 11.3 Å². The third-order valence-electron chi connectivity index (χ3n) is 5.05. The van der Waals surface area contributed by atoms with Crippen LogP contribution in [0.5, 0.6) is 0 Å². The Morgan fingerprint density at radius 1 is 1.16 bits per heavy atom. The first-order valence-electron chi connectivity index (χ1n) is 10.1. The SMILES string of the molecule is CCN(CC)CCCn1c(-c2cc(Cl)ccc2Cl)csc1=Nc1ccccc1[N+](=O)[O-]. The number of halogens is 2. The minimum atomic E-state index is -0.411. The molecule has 9 heteroatoms. The van der Waals surface area contributed by atoms with Gasteiger partial charge in [0.1, 0.15) is 5.69 Å². The Hall–Kier alpha value is -2.19. The van der Waals surface area contributed by atoms with Gasteiger partial charge in [-0.05, 0) is 50.3 Å². The second kappa shape index (κ2) is 10.9. The highest BCUT2D eigenvalue weighted by Gasteiger charge is 2.15. The van der Waals surface area contributed by atoms with Gasteiger partial charge in [-0.1, -0.05) is 49.2 Å². The number of rotatable bonds is 9. The minimum Gasteiger partial charge on any atom is -0.316 e. The lowest BCUT2D eigenvalue weighted by Crippen LogP contribution is -2.26. The Morgan fingerprint density at radius 3 is 2.61 bits per heavy atom. The second-order valence-electron chi connectivity index (χ2n) is 6.92. The zero-order chi connectivity index (χ0) is 22.4. The number of aromatic nitrogens is 1. The molecular formula is C22H24Cl2N4O2S. The molecule has 0 bridgehead atoms. The Bertz CT molecular complexity index is 1120. The number of nitro benzene ring substituents is 1. The topological polar surface area (TPSA) is 63.7 Å². The summed E-state index contributed by atoms with van der Waals surface area (Å²) in [5, 5.41) is 14.6. The number of hydrogen-bond donors (Lipinski definition) is 0. The molecule has 0 unspecified atom stereocenters. The fraction of sp³-hybridized carbons (Fsp3) is 0.318. The van der Waals surface area contributed by atoms with Crippen LogP contribution >= 0.6 is 34.5 Å². The monoisotopic (exact) mass is 478 g/mol. The fourth-order valence-electron chi connectivity index (χ4n) is 3.35. The summed E-state index contributed by atoms with van der Waals surface area (Å²) in [5.74, 6) is 0. The molecule has 0 saturated heterocycles. The zero-order valence-electron chi connectivity index (χ0n) is 17.4.